The van der Waals surface area contributed by atoms with Crippen LogP contribution in [0.1, 0.15) is 23.6 Å². The fourth-order valence-corrected chi connectivity index (χ4v) is 1.83. The Bertz CT molecular complexity index is 334. The van der Waals surface area contributed by atoms with E-state index < -0.39 is 0 Å². The summed E-state index contributed by atoms with van der Waals surface area (Å²) in [6, 6.07) is 6.50. The van der Waals surface area contributed by atoms with Gasteiger partial charge in [0.15, 0.2) is 0 Å². The molecule has 1 aromatic carbocycles. The van der Waals surface area contributed by atoms with E-state index in [0.717, 1.165) is 6.42 Å². The normalized spacial score (nSPS) is 14.7. The van der Waals surface area contributed by atoms with Gasteiger partial charge < -0.3 is 5.11 Å². The first-order chi connectivity index (χ1) is 6.99. The van der Waals surface area contributed by atoms with E-state index >= 15 is 0 Å². The van der Waals surface area contributed by atoms with Gasteiger partial charge >= 0.3 is 0 Å². The zero-order valence-corrected chi connectivity index (χ0v) is 9.88. The molecular formula is C14H20O. The number of rotatable bonds is 4. The van der Waals surface area contributed by atoms with Gasteiger partial charge in [-0.25, -0.2) is 0 Å². The van der Waals surface area contributed by atoms with Crippen LogP contribution < -0.4 is 0 Å². The highest BCUT2D eigenvalue weighted by Gasteiger charge is 2.19. The van der Waals surface area contributed by atoms with E-state index in [-0.39, 0.29) is 12.0 Å². The lowest BCUT2D eigenvalue weighted by Crippen LogP contribution is -2.21. The lowest BCUT2D eigenvalue weighted by molar-refractivity contribution is 0.184. The number of hydrogen-bond acceptors (Lipinski definition) is 1. The van der Waals surface area contributed by atoms with Gasteiger partial charge in [0.05, 0.1) is 6.61 Å². The summed E-state index contributed by atoms with van der Waals surface area (Å²) in [5.41, 5.74) is 3.60. The van der Waals surface area contributed by atoms with Crippen molar-refractivity contribution in [1.29, 1.82) is 0 Å². The molecule has 1 N–H and O–H groups in total. The van der Waals surface area contributed by atoms with Crippen molar-refractivity contribution in [2.75, 3.05) is 6.61 Å². The minimum atomic E-state index is -0.208. The molecule has 0 heterocycles. The summed E-state index contributed by atoms with van der Waals surface area (Å²) >= 11 is 0. The van der Waals surface area contributed by atoms with E-state index in [1.165, 1.54) is 16.7 Å². The summed E-state index contributed by atoms with van der Waals surface area (Å²) in [5.74, 6) is 0. The zero-order chi connectivity index (χ0) is 11.5. The second-order valence-corrected chi connectivity index (χ2v) is 4.69. The Balaban J connectivity index is 2.93. The Morgan fingerprint density at radius 3 is 2.20 bits per heavy atom. The molecule has 0 radical (unpaired) electrons. The van der Waals surface area contributed by atoms with Gasteiger partial charge in [0.1, 0.15) is 0 Å². The average molecular weight is 204 g/mol. The third-order valence-electron chi connectivity index (χ3n) is 2.74. The van der Waals surface area contributed by atoms with Crippen molar-refractivity contribution in [3.63, 3.8) is 0 Å². The molecule has 0 aliphatic rings. The lowest BCUT2D eigenvalue weighted by atomic mass is 9.84. The van der Waals surface area contributed by atoms with Crippen LogP contribution in [0.15, 0.2) is 30.9 Å². The molecule has 0 saturated carbocycles. The molecule has 1 heteroatoms. The van der Waals surface area contributed by atoms with Crippen LogP contribution in [0.2, 0.25) is 0 Å². The Kier molecular flexibility index (Phi) is 3.70. The van der Waals surface area contributed by atoms with Crippen LogP contribution in [0.3, 0.4) is 0 Å². The van der Waals surface area contributed by atoms with Crippen LogP contribution in [0, 0.1) is 19.3 Å². The molecule has 0 aliphatic heterocycles. The van der Waals surface area contributed by atoms with Crippen molar-refractivity contribution < 1.29 is 5.11 Å². The number of benzene rings is 1. The van der Waals surface area contributed by atoms with Crippen LogP contribution in [0.4, 0.5) is 0 Å². The number of aryl methyl sites for hydroxylation is 2. The highest BCUT2D eigenvalue weighted by molar-refractivity contribution is 5.29. The standard InChI is InChI=1S/C14H20O/c1-5-14(4,10-15)9-13-7-11(2)6-12(3)8-13/h5-8,15H,1,9-10H2,2-4H3. The van der Waals surface area contributed by atoms with E-state index in [1.807, 2.05) is 13.0 Å². The second kappa shape index (κ2) is 4.63. The van der Waals surface area contributed by atoms with E-state index in [9.17, 15) is 5.11 Å². The number of hydrogen-bond donors (Lipinski definition) is 1. The predicted octanol–water partition coefficient (Wildman–Crippen LogP) is 3.03. The van der Waals surface area contributed by atoms with Gasteiger partial charge in [0, 0.05) is 5.41 Å². The van der Waals surface area contributed by atoms with Crippen molar-refractivity contribution >= 4 is 0 Å². The second-order valence-electron chi connectivity index (χ2n) is 4.69. The molecule has 0 saturated heterocycles. The average Bonchev–Trinajstić information content (AvgIpc) is 2.16. The van der Waals surface area contributed by atoms with Gasteiger partial charge in [0.2, 0.25) is 0 Å². The highest BCUT2D eigenvalue weighted by Crippen LogP contribution is 2.24. The smallest absolute Gasteiger partial charge is 0.0522 e. The lowest BCUT2D eigenvalue weighted by Gasteiger charge is -2.23. The molecule has 0 aromatic heterocycles. The Hall–Kier alpha value is -1.08. The molecule has 1 nitrogen and oxygen atoms in total. The summed E-state index contributed by atoms with van der Waals surface area (Å²) in [6.45, 7) is 10.1. The molecular weight excluding hydrogens is 184 g/mol. The van der Waals surface area contributed by atoms with E-state index in [0.29, 0.717) is 0 Å². The Morgan fingerprint density at radius 2 is 1.80 bits per heavy atom. The molecule has 0 spiro atoms. The number of aliphatic hydroxyl groups excluding tert-OH is 1. The third kappa shape index (κ3) is 3.21. The topological polar surface area (TPSA) is 20.2 Å². The largest absolute Gasteiger partial charge is 0.395 e. The minimum Gasteiger partial charge on any atom is -0.395 e. The van der Waals surface area contributed by atoms with Gasteiger partial charge in [-0.05, 0) is 25.8 Å². The van der Waals surface area contributed by atoms with E-state index in [2.05, 4.69) is 38.6 Å². The maximum atomic E-state index is 9.31. The van der Waals surface area contributed by atoms with Crippen molar-refractivity contribution in [2.45, 2.75) is 27.2 Å². The molecule has 1 rings (SSSR count). The number of aliphatic hydroxyl groups is 1. The van der Waals surface area contributed by atoms with E-state index in [4.69, 9.17) is 0 Å². The zero-order valence-electron chi connectivity index (χ0n) is 9.88. The third-order valence-corrected chi connectivity index (χ3v) is 2.74. The monoisotopic (exact) mass is 204 g/mol. The molecule has 0 amide bonds. The van der Waals surface area contributed by atoms with Gasteiger partial charge in [0.25, 0.3) is 0 Å². The predicted molar refractivity (Wildman–Crippen MR) is 65.0 cm³/mol. The van der Waals surface area contributed by atoms with Crippen LogP contribution in [0.25, 0.3) is 0 Å². The van der Waals surface area contributed by atoms with Crippen LogP contribution in [-0.4, -0.2) is 11.7 Å². The van der Waals surface area contributed by atoms with E-state index in [1.54, 1.807) is 0 Å². The van der Waals surface area contributed by atoms with Crippen molar-refractivity contribution in [2.24, 2.45) is 5.41 Å². The summed E-state index contributed by atoms with van der Waals surface area (Å²) in [4.78, 5) is 0. The fourth-order valence-electron chi connectivity index (χ4n) is 1.83. The maximum absolute atomic E-state index is 9.31. The quantitative estimate of drug-likeness (QED) is 0.747. The molecule has 1 unspecified atom stereocenters. The summed E-state index contributed by atoms with van der Waals surface area (Å²) in [6.07, 6.45) is 2.68. The molecule has 15 heavy (non-hydrogen) atoms. The Morgan fingerprint density at radius 1 is 1.27 bits per heavy atom. The van der Waals surface area contributed by atoms with Crippen LogP contribution in [0.5, 0.6) is 0 Å². The first kappa shape index (κ1) is 12.0. The molecule has 0 aliphatic carbocycles. The van der Waals surface area contributed by atoms with Gasteiger partial charge in [-0.3, -0.25) is 0 Å². The summed E-state index contributed by atoms with van der Waals surface area (Å²) in [5, 5.41) is 9.31. The van der Waals surface area contributed by atoms with Gasteiger partial charge in [-0.2, -0.15) is 0 Å². The van der Waals surface area contributed by atoms with Crippen LogP contribution in [-0.2, 0) is 6.42 Å². The SMILES string of the molecule is C=CC(C)(CO)Cc1cc(C)cc(C)c1. The van der Waals surface area contributed by atoms with Crippen molar-refractivity contribution in [3.8, 4) is 0 Å². The minimum absolute atomic E-state index is 0.142. The molecule has 0 bridgehead atoms. The fraction of sp³-hybridized carbons (Fsp3) is 0.429. The first-order valence-electron chi connectivity index (χ1n) is 5.31. The summed E-state index contributed by atoms with van der Waals surface area (Å²) < 4.78 is 0. The first-order valence-corrected chi connectivity index (χ1v) is 5.31. The van der Waals surface area contributed by atoms with Crippen LogP contribution >= 0.6 is 0 Å². The van der Waals surface area contributed by atoms with Gasteiger partial charge in [-0.1, -0.05) is 42.3 Å². The summed E-state index contributed by atoms with van der Waals surface area (Å²) in [7, 11) is 0. The molecule has 0 fully saturated rings. The molecule has 1 aromatic rings. The van der Waals surface area contributed by atoms with Gasteiger partial charge in [-0.15, -0.1) is 6.58 Å². The van der Waals surface area contributed by atoms with Crippen molar-refractivity contribution in [3.05, 3.63) is 47.5 Å². The Labute approximate surface area is 92.5 Å². The van der Waals surface area contributed by atoms with Crippen molar-refractivity contribution in [1.82, 2.24) is 0 Å². The molecule has 82 valence electrons. The maximum Gasteiger partial charge on any atom is 0.0522 e. The molecule has 1 atom stereocenters. The highest BCUT2D eigenvalue weighted by atomic mass is 16.3.